The summed E-state index contributed by atoms with van der Waals surface area (Å²) < 4.78 is 0. The summed E-state index contributed by atoms with van der Waals surface area (Å²) in [5, 5.41) is 2.58. The van der Waals surface area contributed by atoms with Crippen molar-refractivity contribution in [3.05, 3.63) is 48.0 Å². The van der Waals surface area contributed by atoms with Crippen molar-refractivity contribution in [1.82, 2.24) is 0 Å². The van der Waals surface area contributed by atoms with E-state index in [1.807, 2.05) is 0 Å². The van der Waals surface area contributed by atoms with Gasteiger partial charge < -0.3 is 5.73 Å². The van der Waals surface area contributed by atoms with Gasteiger partial charge in [-0.3, -0.25) is 0 Å². The lowest BCUT2D eigenvalue weighted by Gasteiger charge is -2.12. The zero-order valence-electron chi connectivity index (χ0n) is 10.9. The number of benzene rings is 2. The van der Waals surface area contributed by atoms with E-state index in [0.717, 1.165) is 6.42 Å². The van der Waals surface area contributed by atoms with Crippen LogP contribution in [0.4, 0.5) is 0 Å². The zero-order valence-corrected chi connectivity index (χ0v) is 11.7. The Hall–Kier alpha value is -1.05. The molecule has 0 heterocycles. The molecule has 0 bridgehead atoms. The van der Waals surface area contributed by atoms with Crippen LogP contribution in [-0.4, -0.2) is 0 Å². The minimum atomic E-state index is 0. The van der Waals surface area contributed by atoms with Gasteiger partial charge in [-0.05, 0) is 28.8 Å². The molecule has 2 N–H and O–H groups in total. The first-order valence-corrected chi connectivity index (χ1v) is 6.55. The first-order valence-electron chi connectivity index (χ1n) is 6.55. The smallest absolute Gasteiger partial charge is 0.0295 e. The Kier molecular flexibility index (Phi) is 6.17. The SMILES string of the molecule is CCCCC[C@@H](N)c1ccc2ccccc2c1.Cl. The minimum Gasteiger partial charge on any atom is -0.324 e. The summed E-state index contributed by atoms with van der Waals surface area (Å²) in [7, 11) is 0. The molecule has 0 saturated heterocycles. The maximum absolute atomic E-state index is 6.23. The van der Waals surface area contributed by atoms with Crippen LogP contribution in [0.1, 0.15) is 44.2 Å². The van der Waals surface area contributed by atoms with Gasteiger partial charge >= 0.3 is 0 Å². The Labute approximate surface area is 116 Å². The van der Waals surface area contributed by atoms with Gasteiger partial charge in [0.2, 0.25) is 0 Å². The molecule has 1 nitrogen and oxygen atoms in total. The van der Waals surface area contributed by atoms with Gasteiger partial charge in [0.15, 0.2) is 0 Å². The Balaban J connectivity index is 0.00000162. The van der Waals surface area contributed by atoms with Crippen molar-refractivity contribution in [2.24, 2.45) is 5.73 Å². The highest BCUT2D eigenvalue weighted by Gasteiger charge is 2.05. The zero-order chi connectivity index (χ0) is 12.1. The van der Waals surface area contributed by atoms with Gasteiger partial charge in [-0.2, -0.15) is 0 Å². The Morgan fingerprint density at radius 3 is 2.44 bits per heavy atom. The summed E-state index contributed by atoms with van der Waals surface area (Å²) in [6, 6.07) is 15.2. The van der Waals surface area contributed by atoms with Crippen LogP contribution in [0.15, 0.2) is 42.5 Å². The molecule has 2 heteroatoms. The Bertz CT molecular complexity index is 481. The molecule has 2 rings (SSSR count). The van der Waals surface area contributed by atoms with Crippen LogP contribution >= 0.6 is 12.4 Å². The highest BCUT2D eigenvalue weighted by molar-refractivity contribution is 5.85. The molecule has 0 aromatic heterocycles. The first kappa shape index (κ1) is 15.0. The average molecular weight is 264 g/mol. The number of nitrogens with two attached hydrogens (primary N) is 1. The summed E-state index contributed by atoms with van der Waals surface area (Å²) in [6.45, 7) is 2.22. The van der Waals surface area contributed by atoms with E-state index < -0.39 is 0 Å². The van der Waals surface area contributed by atoms with Gasteiger partial charge in [-0.1, -0.05) is 62.6 Å². The first-order chi connectivity index (χ1) is 8.31. The lowest BCUT2D eigenvalue weighted by atomic mass is 9.98. The van der Waals surface area contributed by atoms with Crippen molar-refractivity contribution in [3.8, 4) is 0 Å². The number of fused-ring (bicyclic) bond motifs is 1. The standard InChI is InChI=1S/C16H21N.ClH/c1-2-3-4-9-16(17)15-11-10-13-7-5-6-8-14(13)12-15;/h5-8,10-12,16H,2-4,9,17H2,1H3;1H/t16-;/m1./s1. The fourth-order valence-corrected chi connectivity index (χ4v) is 2.22. The largest absolute Gasteiger partial charge is 0.324 e. The van der Waals surface area contributed by atoms with Crippen LogP contribution in [-0.2, 0) is 0 Å². The molecule has 0 aliphatic heterocycles. The van der Waals surface area contributed by atoms with Crippen LogP contribution in [0.2, 0.25) is 0 Å². The lowest BCUT2D eigenvalue weighted by molar-refractivity contribution is 0.581. The van der Waals surface area contributed by atoms with E-state index in [-0.39, 0.29) is 18.4 Å². The topological polar surface area (TPSA) is 26.0 Å². The fraction of sp³-hybridized carbons (Fsp3) is 0.375. The molecular weight excluding hydrogens is 242 g/mol. The molecule has 0 amide bonds. The molecular formula is C16H22ClN. The third kappa shape index (κ3) is 3.72. The summed E-state index contributed by atoms with van der Waals surface area (Å²) in [6.07, 6.45) is 4.85. The van der Waals surface area contributed by atoms with Crippen LogP contribution in [0.25, 0.3) is 10.8 Å². The van der Waals surface area contributed by atoms with Crippen LogP contribution in [0.5, 0.6) is 0 Å². The summed E-state index contributed by atoms with van der Waals surface area (Å²) in [4.78, 5) is 0. The molecule has 18 heavy (non-hydrogen) atoms. The molecule has 0 aliphatic carbocycles. The van der Waals surface area contributed by atoms with Gasteiger partial charge in [0.25, 0.3) is 0 Å². The number of hydrogen-bond acceptors (Lipinski definition) is 1. The van der Waals surface area contributed by atoms with Crippen molar-refractivity contribution in [3.63, 3.8) is 0 Å². The summed E-state index contributed by atoms with van der Waals surface area (Å²) in [5.74, 6) is 0. The maximum atomic E-state index is 6.23. The lowest BCUT2D eigenvalue weighted by Crippen LogP contribution is -2.09. The molecule has 1 atom stereocenters. The third-order valence-corrected chi connectivity index (χ3v) is 3.32. The molecule has 0 fully saturated rings. The molecule has 0 radical (unpaired) electrons. The van der Waals surface area contributed by atoms with E-state index in [0.29, 0.717) is 0 Å². The highest BCUT2D eigenvalue weighted by Crippen LogP contribution is 2.22. The van der Waals surface area contributed by atoms with Crippen molar-refractivity contribution in [1.29, 1.82) is 0 Å². The molecule has 0 unspecified atom stereocenters. The van der Waals surface area contributed by atoms with Crippen LogP contribution < -0.4 is 5.73 Å². The van der Waals surface area contributed by atoms with Crippen molar-refractivity contribution < 1.29 is 0 Å². The van der Waals surface area contributed by atoms with Crippen molar-refractivity contribution >= 4 is 23.2 Å². The molecule has 0 saturated carbocycles. The van der Waals surface area contributed by atoms with E-state index in [1.54, 1.807) is 0 Å². The molecule has 0 spiro atoms. The van der Waals surface area contributed by atoms with E-state index >= 15 is 0 Å². The number of halogens is 1. The summed E-state index contributed by atoms with van der Waals surface area (Å²) in [5.41, 5.74) is 7.49. The second-order valence-electron chi connectivity index (χ2n) is 4.71. The normalized spacial score (nSPS) is 12.1. The highest BCUT2D eigenvalue weighted by atomic mass is 35.5. The van der Waals surface area contributed by atoms with Gasteiger partial charge in [0.1, 0.15) is 0 Å². The summed E-state index contributed by atoms with van der Waals surface area (Å²) >= 11 is 0. The second-order valence-corrected chi connectivity index (χ2v) is 4.71. The van der Waals surface area contributed by atoms with Gasteiger partial charge in [-0.15, -0.1) is 12.4 Å². The van der Waals surface area contributed by atoms with Gasteiger partial charge in [0.05, 0.1) is 0 Å². The fourth-order valence-electron chi connectivity index (χ4n) is 2.22. The number of rotatable bonds is 5. The predicted octanol–water partition coefficient (Wildman–Crippen LogP) is 4.84. The third-order valence-electron chi connectivity index (χ3n) is 3.32. The van der Waals surface area contributed by atoms with Crippen LogP contribution in [0.3, 0.4) is 0 Å². The van der Waals surface area contributed by atoms with Gasteiger partial charge in [-0.25, -0.2) is 0 Å². The maximum Gasteiger partial charge on any atom is 0.0295 e. The molecule has 98 valence electrons. The molecule has 2 aromatic carbocycles. The Morgan fingerprint density at radius 2 is 1.72 bits per heavy atom. The number of hydrogen-bond donors (Lipinski definition) is 1. The van der Waals surface area contributed by atoms with Gasteiger partial charge in [0, 0.05) is 6.04 Å². The monoisotopic (exact) mass is 263 g/mol. The van der Waals surface area contributed by atoms with Crippen LogP contribution in [0, 0.1) is 0 Å². The van der Waals surface area contributed by atoms with E-state index in [9.17, 15) is 0 Å². The number of unbranched alkanes of at least 4 members (excludes halogenated alkanes) is 2. The molecule has 2 aromatic rings. The van der Waals surface area contributed by atoms with E-state index in [1.165, 1.54) is 35.6 Å². The minimum absolute atomic E-state index is 0. The average Bonchev–Trinajstić information content (AvgIpc) is 2.38. The van der Waals surface area contributed by atoms with Crippen molar-refractivity contribution in [2.75, 3.05) is 0 Å². The quantitative estimate of drug-likeness (QED) is 0.768. The van der Waals surface area contributed by atoms with Crippen molar-refractivity contribution in [2.45, 2.75) is 38.6 Å². The Morgan fingerprint density at radius 1 is 1.00 bits per heavy atom. The van der Waals surface area contributed by atoms with E-state index in [4.69, 9.17) is 5.73 Å². The van der Waals surface area contributed by atoms with E-state index in [2.05, 4.69) is 49.4 Å². The molecule has 0 aliphatic rings. The second kappa shape index (κ2) is 7.40. The predicted molar refractivity (Wildman–Crippen MR) is 82.3 cm³/mol.